The average molecular weight is 166 g/mol. The van der Waals surface area contributed by atoms with Crippen molar-refractivity contribution in [1.29, 1.82) is 0 Å². The van der Waals surface area contributed by atoms with Gasteiger partial charge >= 0.3 is 0 Å². The molecule has 0 atom stereocenters. The molecule has 0 aliphatic carbocycles. The highest BCUT2D eigenvalue weighted by Gasteiger charge is 1.80. The van der Waals surface area contributed by atoms with Gasteiger partial charge in [-0.05, 0) is 33.1 Å². The van der Waals surface area contributed by atoms with Crippen LogP contribution in [0.2, 0.25) is 0 Å². The van der Waals surface area contributed by atoms with E-state index < -0.39 is 0 Å². The highest BCUT2D eigenvalue weighted by Crippen LogP contribution is 1.98. The molecule has 0 heterocycles. The van der Waals surface area contributed by atoms with Gasteiger partial charge < -0.3 is 4.79 Å². The molecule has 0 spiro atoms. The lowest BCUT2D eigenvalue weighted by atomic mass is 10.2. The van der Waals surface area contributed by atoms with Gasteiger partial charge in [-0.3, -0.25) is 0 Å². The molecular weight excluding hydrogens is 148 g/mol. The van der Waals surface area contributed by atoms with Crippen LogP contribution in [0.3, 0.4) is 0 Å². The molecule has 0 amide bonds. The number of allylic oxidation sites excluding steroid dienone is 4. The molecule has 0 N–H and O–H groups in total. The van der Waals surface area contributed by atoms with Crippen LogP contribution in [0.4, 0.5) is 0 Å². The van der Waals surface area contributed by atoms with Gasteiger partial charge in [0.05, 0.1) is 0 Å². The van der Waals surface area contributed by atoms with Crippen LogP contribution in [0.5, 0.6) is 0 Å². The Kier molecular flexibility index (Phi) is 7.66. The Balaban J connectivity index is 3.24. The van der Waals surface area contributed by atoms with Gasteiger partial charge in [0.2, 0.25) is 0 Å². The number of hydrogen-bond donors (Lipinski definition) is 0. The van der Waals surface area contributed by atoms with E-state index in [0.29, 0.717) is 6.42 Å². The fourth-order valence-electron chi connectivity index (χ4n) is 0.868. The molecule has 0 saturated heterocycles. The van der Waals surface area contributed by atoms with E-state index in [1.54, 1.807) is 0 Å². The first-order valence-electron chi connectivity index (χ1n) is 4.49. The molecule has 1 heteroatoms. The summed E-state index contributed by atoms with van der Waals surface area (Å²) >= 11 is 0. The lowest BCUT2D eigenvalue weighted by molar-refractivity contribution is -0.107. The Hall–Kier alpha value is -0.850. The van der Waals surface area contributed by atoms with E-state index in [-0.39, 0.29) is 0 Å². The normalized spacial score (nSPS) is 10.2. The van der Waals surface area contributed by atoms with Gasteiger partial charge in [0.25, 0.3) is 0 Å². The van der Waals surface area contributed by atoms with E-state index in [1.807, 2.05) is 0 Å². The van der Waals surface area contributed by atoms with Crippen molar-refractivity contribution in [3.8, 4) is 0 Å². The lowest BCUT2D eigenvalue weighted by Gasteiger charge is -1.89. The van der Waals surface area contributed by atoms with Crippen molar-refractivity contribution >= 4 is 6.29 Å². The number of aldehydes is 1. The van der Waals surface area contributed by atoms with E-state index in [9.17, 15) is 4.79 Å². The molecule has 0 radical (unpaired) electrons. The zero-order chi connectivity index (χ0) is 9.23. The molecule has 0 aliphatic rings. The van der Waals surface area contributed by atoms with Crippen LogP contribution in [0.15, 0.2) is 23.8 Å². The van der Waals surface area contributed by atoms with Crippen molar-refractivity contribution in [1.82, 2.24) is 0 Å². The molecule has 1 nitrogen and oxygen atoms in total. The average Bonchev–Trinajstić information content (AvgIpc) is 2.02. The van der Waals surface area contributed by atoms with Crippen molar-refractivity contribution < 1.29 is 4.79 Å². The van der Waals surface area contributed by atoms with Crippen LogP contribution >= 0.6 is 0 Å². The fourth-order valence-corrected chi connectivity index (χ4v) is 0.868. The van der Waals surface area contributed by atoms with Gasteiger partial charge in [-0.15, -0.1) is 0 Å². The van der Waals surface area contributed by atoms with Gasteiger partial charge in [0, 0.05) is 6.42 Å². The highest BCUT2D eigenvalue weighted by atomic mass is 16.1. The Morgan fingerprint density at radius 2 is 1.58 bits per heavy atom. The van der Waals surface area contributed by atoms with E-state index in [4.69, 9.17) is 0 Å². The minimum Gasteiger partial charge on any atom is -0.303 e. The Labute approximate surface area is 75.2 Å². The lowest BCUT2D eigenvalue weighted by Crippen LogP contribution is -1.71. The van der Waals surface area contributed by atoms with Crippen LogP contribution < -0.4 is 0 Å². The number of hydrogen-bond acceptors (Lipinski definition) is 1. The second kappa shape index (κ2) is 8.25. The first-order chi connectivity index (χ1) is 5.77. The molecule has 0 aromatic heterocycles. The minimum atomic E-state index is 0.652. The Morgan fingerprint density at radius 1 is 1.00 bits per heavy atom. The second-order valence-corrected chi connectivity index (χ2v) is 3.07. The summed E-state index contributed by atoms with van der Waals surface area (Å²) in [5.74, 6) is 0. The van der Waals surface area contributed by atoms with Crippen LogP contribution in [-0.2, 0) is 4.79 Å². The topological polar surface area (TPSA) is 17.1 Å². The highest BCUT2D eigenvalue weighted by molar-refractivity contribution is 5.49. The molecular formula is C11H18O. The first-order valence-corrected chi connectivity index (χ1v) is 4.49. The first kappa shape index (κ1) is 11.2. The molecule has 0 fully saturated rings. The van der Waals surface area contributed by atoms with Crippen LogP contribution in [0.1, 0.15) is 39.5 Å². The monoisotopic (exact) mass is 166 g/mol. The summed E-state index contributed by atoms with van der Waals surface area (Å²) in [6.07, 6.45) is 11.1. The number of unbranched alkanes of at least 4 members (excludes halogenated alkanes) is 2. The van der Waals surface area contributed by atoms with E-state index >= 15 is 0 Å². The summed E-state index contributed by atoms with van der Waals surface area (Å²) in [4.78, 5) is 9.94. The van der Waals surface area contributed by atoms with E-state index in [2.05, 4.69) is 32.1 Å². The summed E-state index contributed by atoms with van der Waals surface area (Å²) in [5, 5.41) is 0. The quantitative estimate of drug-likeness (QED) is 0.336. The van der Waals surface area contributed by atoms with Gasteiger partial charge in [-0.1, -0.05) is 23.8 Å². The smallest absolute Gasteiger partial charge is 0.120 e. The van der Waals surface area contributed by atoms with Gasteiger partial charge in [0.15, 0.2) is 0 Å². The van der Waals surface area contributed by atoms with Gasteiger partial charge in [-0.25, -0.2) is 0 Å². The summed E-state index contributed by atoms with van der Waals surface area (Å²) in [6.45, 7) is 4.21. The molecule has 0 aromatic rings. The molecule has 0 bridgehead atoms. The van der Waals surface area contributed by atoms with Crippen molar-refractivity contribution in [2.24, 2.45) is 0 Å². The van der Waals surface area contributed by atoms with Crippen LogP contribution in [0, 0.1) is 0 Å². The molecule has 68 valence electrons. The standard InChI is InChI=1S/C11H18O/c1-11(2)9-7-5-3-4-6-8-10-12/h3-4,9-10H,5-8H2,1-2H3/b4-3-. The predicted molar refractivity (Wildman–Crippen MR) is 53.1 cm³/mol. The molecule has 0 saturated carbocycles. The minimum absolute atomic E-state index is 0.652. The molecule has 0 aliphatic heterocycles. The third kappa shape index (κ3) is 9.15. The maximum Gasteiger partial charge on any atom is 0.120 e. The fraction of sp³-hybridized carbons (Fsp3) is 0.545. The van der Waals surface area contributed by atoms with E-state index in [1.165, 1.54) is 5.57 Å². The number of carbonyl (C=O) groups is 1. The zero-order valence-corrected chi connectivity index (χ0v) is 8.05. The maximum absolute atomic E-state index is 9.94. The largest absolute Gasteiger partial charge is 0.303 e. The SMILES string of the molecule is CC(C)=CCC/C=C\CCC=O. The summed E-state index contributed by atoms with van der Waals surface area (Å²) < 4.78 is 0. The maximum atomic E-state index is 9.94. The van der Waals surface area contributed by atoms with Gasteiger partial charge in [0.1, 0.15) is 6.29 Å². The molecule has 0 rings (SSSR count). The Bertz CT molecular complexity index is 162. The summed E-state index contributed by atoms with van der Waals surface area (Å²) in [7, 11) is 0. The number of carbonyl (C=O) groups excluding carboxylic acids is 1. The van der Waals surface area contributed by atoms with E-state index in [0.717, 1.165) is 25.5 Å². The van der Waals surface area contributed by atoms with Gasteiger partial charge in [-0.2, -0.15) is 0 Å². The molecule has 0 aromatic carbocycles. The van der Waals surface area contributed by atoms with Crippen molar-refractivity contribution in [3.05, 3.63) is 23.8 Å². The third-order valence-corrected chi connectivity index (χ3v) is 1.50. The van der Waals surface area contributed by atoms with Crippen molar-refractivity contribution in [3.63, 3.8) is 0 Å². The van der Waals surface area contributed by atoms with Crippen LogP contribution in [-0.4, -0.2) is 6.29 Å². The Morgan fingerprint density at radius 3 is 2.08 bits per heavy atom. The molecule has 0 unspecified atom stereocenters. The van der Waals surface area contributed by atoms with Crippen molar-refractivity contribution in [2.75, 3.05) is 0 Å². The summed E-state index contributed by atoms with van der Waals surface area (Å²) in [5.41, 5.74) is 1.37. The van der Waals surface area contributed by atoms with Crippen molar-refractivity contribution in [2.45, 2.75) is 39.5 Å². The predicted octanol–water partition coefficient (Wildman–Crippen LogP) is 3.27. The van der Waals surface area contributed by atoms with Crippen LogP contribution in [0.25, 0.3) is 0 Å². The summed E-state index contributed by atoms with van der Waals surface area (Å²) in [6, 6.07) is 0. The third-order valence-electron chi connectivity index (χ3n) is 1.50. The molecule has 12 heavy (non-hydrogen) atoms. The second-order valence-electron chi connectivity index (χ2n) is 3.07. The number of rotatable bonds is 6. The zero-order valence-electron chi connectivity index (χ0n) is 8.05.